The molecule has 1 heterocycles. The number of ether oxygens (including phenoxy) is 1. The molecule has 0 unspecified atom stereocenters. The van der Waals surface area contributed by atoms with Crippen molar-refractivity contribution in [1.29, 1.82) is 0 Å². The van der Waals surface area contributed by atoms with Crippen LogP contribution in [0.25, 0.3) is 0 Å². The van der Waals surface area contributed by atoms with E-state index in [1.165, 1.54) is 13.2 Å². The minimum absolute atomic E-state index is 0.0662. The summed E-state index contributed by atoms with van der Waals surface area (Å²) in [5.41, 5.74) is 5.65. The fourth-order valence-electron chi connectivity index (χ4n) is 1.03. The van der Waals surface area contributed by atoms with Crippen LogP contribution in [0.5, 0.6) is 5.88 Å². The van der Waals surface area contributed by atoms with E-state index < -0.39 is 6.43 Å². The molecule has 14 heavy (non-hydrogen) atoms. The van der Waals surface area contributed by atoms with E-state index in [1.54, 1.807) is 0 Å². The van der Waals surface area contributed by atoms with Gasteiger partial charge in [-0.15, -0.1) is 0 Å². The van der Waals surface area contributed by atoms with Crippen molar-refractivity contribution in [3.05, 3.63) is 17.2 Å². The Hall–Kier alpha value is -0.910. The molecule has 0 aliphatic heterocycles. The van der Waals surface area contributed by atoms with Crippen molar-refractivity contribution in [1.82, 2.24) is 4.98 Å². The van der Waals surface area contributed by atoms with Gasteiger partial charge in [0.1, 0.15) is 5.82 Å². The van der Waals surface area contributed by atoms with Crippen LogP contribution in [0.15, 0.2) is 6.07 Å². The summed E-state index contributed by atoms with van der Waals surface area (Å²) in [4.78, 5) is 3.80. The second kappa shape index (κ2) is 4.54. The van der Waals surface area contributed by atoms with E-state index in [-0.39, 0.29) is 22.6 Å². The fraction of sp³-hybridized carbons (Fsp3) is 0.375. The summed E-state index contributed by atoms with van der Waals surface area (Å²) in [5, 5.41) is 0.246. The number of hydrogen-bond acceptors (Lipinski definition) is 3. The van der Waals surface area contributed by atoms with E-state index in [0.717, 1.165) is 0 Å². The van der Waals surface area contributed by atoms with Gasteiger partial charge in [0.15, 0.2) is 0 Å². The van der Waals surface area contributed by atoms with Crippen LogP contribution in [0.1, 0.15) is 17.6 Å². The maximum Gasteiger partial charge on any atom is 0.264 e. The maximum absolute atomic E-state index is 12.6. The predicted molar refractivity (Wildman–Crippen MR) is 52.8 cm³/mol. The molecular weight excluding hydrogens is 258 g/mol. The third-order valence-electron chi connectivity index (χ3n) is 1.75. The van der Waals surface area contributed by atoms with E-state index in [0.29, 0.717) is 5.56 Å². The lowest BCUT2D eigenvalue weighted by Gasteiger charge is -2.10. The summed E-state index contributed by atoms with van der Waals surface area (Å²) in [6.07, 6.45) is -2.58. The summed E-state index contributed by atoms with van der Waals surface area (Å²) in [5.74, 6) is 0.166. The summed E-state index contributed by atoms with van der Waals surface area (Å²) < 4.78 is 29.8. The second-order valence-corrected chi connectivity index (χ2v) is 3.11. The highest BCUT2D eigenvalue weighted by atomic mass is 79.9. The average Bonchev–Trinajstić information content (AvgIpc) is 2.16. The van der Waals surface area contributed by atoms with Gasteiger partial charge < -0.3 is 10.5 Å². The van der Waals surface area contributed by atoms with Gasteiger partial charge in [-0.2, -0.15) is 4.98 Å². The first-order valence-corrected chi connectivity index (χ1v) is 4.89. The molecule has 0 aliphatic rings. The van der Waals surface area contributed by atoms with Gasteiger partial charge in [0.25, 0.3) is 6.43 Å². The molecule has 0 saturated carbocycles. The Morgan fingerprint density at radius 3 is 2.71 bits per heavy atom. The van der Waals surface area contributed by atoms with Crippen molar-refractivity contribution in [2.75, 3.05) is 12.8 Å². The number of nitrogens with zero attached hydrogens (tertiary/aromatic N) is 1. The first kappa shape index (κ1) is 11.2. The number of methoxy groups -OCH3 is 1. The number of hydrogen-bond donors (Lipinski definition) is 1. The highest BCUT2D eigenvalue weighted by Crippen LogP contribution is 2.30. The van der Waals surface area contributed by atoms with E-state index in [4.69, 9.17) is 10.5 Å². The van der Waals surface area contributed by atoms with Crippen molar-refractivity contribution in [3.63, 3.8) is 0 Å². The molecule has 2 N–H and O–H groups in total. The first-order chi connectivity index (χ1) is 6.60. The van der Waals surface area contributed by atoms with Gasteiger partial charge in [0, 0.05) is 22.5 Å². The lowest BCUT2D eigenvalue weighted by molar-refractivity contribution is 0.150. The quantitative estimate of drug-likeness (QED) is 0.856. The van der Waals surface area contributed by atoms with Crippen LogP contribution in [-0.4, -0.2) is 12.1 Å². The number of halogens is 3. The van der Waals surface area contributed by atoms with Crippen LogP contribution in [0.3, 0.4) is 0 Å². The molecule has 0 radical (unpaired) electrons. The SMILES string of the molecule is COc1cc(C(F)F)c(CBr)c(N)n1. The Morgan fingerprint density at radius 2 is 2.29 bits per heavy atom. The van der Waals surface area contributed by atoms with Crippen molar-refractivity contribution >= 4 is 21.7 Å². The van der Waals surface area contributed by atoms with E-state index in [2.05, 4.69) is 20.9 Å². The first-order valence-electron chi connectivity index (χ1n) is 3.77. The van der Waals surface area contributed by atoms with Gasteiger partial charge >= 0.3 is 0 Å². The smallest absolute Gasteiger partial charge is 0.264 e. The maximum atomic E-state index is 12.6. The molecule has 0 atom stereocenters. The van der Waals surface area contributed by atoms with Crippen molar-refractivity contribution in [2.24, 2.45) is 0 Å². The highest BCUT2D eigenvalue weighted by Gasteiger charge is 2.17. The standard InChI is InChI=1S/C8H9BrF2N2O/c1-14-6-2-4(7(10)11)5(3-9)8(12)13-6/h2,7H,3H2,1H3,(H2,12,13). The number of nitrogen functional groups attached to an aromatic ring is 1. The van der Waals surface area contributed by atoms with Crippen LogP contribution in [0, 0.1) is 0 Å². The summed E-state index contributed by atoms with van der Waals surface area (Å²) in [7, 11) is 1.35. The van der Waals surface area contributed by atoms with E-state index >= 15 is 0 Å². The van der Waals surface area contributed by atoms with Gasteiger partial charge in [-0.05, 0) is 0 Å². The Morgan fingerprint density at radius 1 is 1.64 bits per heavy atom. The average molecular weight is 267 g/mol. The molecule has 0 aliphatic carbocycles. The zero-order valence-corrected chi connectivity index (χ0v) is 9.01. The Bertz CT molecular complexity index is 333. The third kappa shape index (κ3) is 2.12. The second-order valence-electron chi connectivity index (χ2n) is 2.55. The Labute approximate surface area is 88.4 Å². The fourth-order valence-corrected chi connectivity index (χ4v) is 1.64. The molecule has 0 saturated heterocycles. The molecule has 1 rings (SSSR count). The van der Waals surface area contributed by atoms with Gasteiger partial charge in [0.2, 0.25) is 5.88 Å². The summed E-state index contributed by atoms with van der Waals surface area (Å²) in [6, 6.07) is 1.19. The number of nitrogens with two attached hydrogens (primary N) is 1. The van der Waals surface area contributed by atoms with Gasteiger partial charge in [-0.1, -0.05) is 15.9 Å². The lowest BCUT2D eigenvalue weighted by atomic mass is 10.1. The van der Waals surface area contributed by atoms with Crippen molar-refractivity contribution in [3.8, 4) is 5.88 Å². The van der Waals surface area contributed by atoms with Crippen molar-refractivity contribution < 1.29 is 13.5 Å². The molecule has 0 bridgehead atoms. The van der Waals surface area contributed by atoms with Crippen LogP contribution in [-0.2, 0) is 5.33 Å². The molecule has 1 aromatic rings. The zero-order valence-electron chi connectivity index (χ0n) is 7.43. The van der Waals surface area contributed by atoms with Crippen LogP contribution in [0.2, 0.25) is 0 Å². The third-order valence-corrected chi connectivity index (χ3v) is 2.31. The number of alkyl halides is 3. The molecule has 3 nitrogen and oxygen atoms in total. The van der Waals surface area contributed by atoms with E-state index in [9.17, 15) is 8.78 Å². The number of pyridine rings is 1. The highest BCUT2D eigenvalue weighted by molar-refractivity contribution is 9.08. The number of aromatic nitrogens is 1. The van der Waals surface area contributed by atoms with Crippen molar-refractivity contribution in [2.45, 2.75) is 11.8 Å². The molecule has 0 spiro atoms. The number of rotatable bonds is 3. The topological polar surface area (TPSA) is 48.1 Å². The van der Waals surface area contributed by atoms with E-state index in [1.807, 2.05) is 0 Å². The molecule has 1 aromatic heterocycles. The van der Waals surface area contributed by atoms with Gasteiger partial charge in [-0.3, -0.25) is 0 Å². The monoisotopic (exact) mass is 266 g/mol. The molecule has 0 amide bonds. The minimum atomic E-state index is -2.58. The van der Waals surface area contributed by atoms with Gasteiger partial charge in [0.05, 0.1) is 7.11 Å². The van der Waals surface area contributed by atoms with Gasteiger partial charge in [-0.25, -0.2) is 8.78 Å². The Balaban J connectivity index is 3.28. The summed E-state index contributed by atoms with van der Waals surface area (Å²) in [6.45, 7) is 0. The molecule has 0 fully saturated rings. The molecule has 6 heteroatoms. The predicted octanol–water partition coefficient (Wildman–Crippen LogP) is 2.50. The van der Waals surface area contributed by atoms with Crippen LogP contribution >= 0.6 is 15.9 Å². The number of anilines is 1. The largest absolute Gasteiger partial charge is 0.481 e. The molecule has 0 aromatic carbocycles. The molecular formula is C8H9BrF2N2O. The van der Waals surface area contributed by atoms with Crippen LogP contribution in [0.4, 0.5) is 14.6 Å². The molecule has 78 valence electrons. The summed E-state index contributed by atoms with van der Waals surface area (Å²) >= 11 is 3.08. The minimum Gasteiger partial charge on any atom is -0.481 e. The normalized spacial score (nSPS) is 10.6. The lowest BCUT2D eigenvalue weighted by Crippen LogP contribution is -2.03. The van der Waals surface area contributed by atoms with Crippen LogP contribution < -0.4 is 10.5 Å². The zero-order chi connectivity index (χ0) is 10.7. The Kier molecular flexibility index (Phi) is 3.62.